The van der Waals surface area contributed by atoms with Gasteiger partial charge in [-0.25, -0.2) is 0 Å². The molecule has 7 nitrogen and oxygen atoms in total. The predicted molar refractivity (Wildman–Crippen MR) is 71.7 cm³/mol. The van der Waals surface area contributed by atoms with Crippen LogP contribution >= 0.6 is 0 Å². The number of carbonyl (C=O) groups is 1. The van der Waals surface area contributed by atoms with Crippen LogP contribution in [0.2, 0.25) is 0 Å². The Labute approximate surface area is 120 Å². The number of rotatable bonds is 4. The third-order valence-corrected chi connectivity index (χ3v) is 5.34. The smallest absolute Gasteiger partial charge is 0.310 e. The second-order valence-electron chi connectivity index (χ2n) is 5.02. The molecule has 0 aromatic carbocycles. The summed E-state index contributed by atoms with van der Waals surface area (Å²) in [7, 11) is -3.63. The molecule has 0 aromatic rings. The van der Waals surface area contributed by atoms with Gasteiger partial charge in [0.05, 0.1) is 19.1 Å². The highest BCUT2D eigenvalue weighted by Crippen LogP contribution is 2.23. The summed E-state index contributed by atoms with van der Waals surface area (Å²) in [6, 6.07) is 0. The van der Waals surface area contributed by atoms with Gasteiger partial charge in [-0.05, 0) is 32.6 Å². The third-order valence-electron chi connectivity index (χ3n) is 3.56. The average molecular weight is 306 g/mol. The van der Waals surface area contributed by atoms with Gasteiger partial charge in [0.1, 0.15) is 0 Å². The van der Waals surface area contributed by atoms with E-state index in [9.17, 15) is 13.2 Å². The highest BCUT2D eigenvalue weighted by atomic mass is 32.2. The third kappa shape index (κ3) is 3.49. The Bertz CT molecular complexity index is 433. The first-order chi connectivity index (χ1) is 9.55. The maximum absolute atomic E-state index is 12.4. The zero-order chi connectivity index (χ0) is 14.6. The summed E-state index contributed by atoms with van der Waals surface area (Å²) in [5.74, 6) is -0.685. The summed E-state index contributed by atoms with van der Waals surface area (Å²) in [5, 5.41) is 0. The van der Waals surface area contributed by atoms with Gasteiger partial charge >= 0.3 is 16.2 Å². The zero-order valence-corrected chi connectivity index (χ0v) is 12.6. The molecule has 2 heterocycles. The number of piperidine rings is 1. The molecule has 0 aliphatic carbocycles. The van der Waals surface area contributed by atoms with E-state index in [1.807, 2.05) is 0 Å². The van der Waals surface area contributed by atoms with Crippen LogP contribution in [0.15, 0.2) is 0 Å². The monoisotopic (exact) mass is 306 g/mol. The maximum atomic E-state index is 12.4. The van der Waals surface area contributed by atoms with E-state index >= 15 is 0 Å². The minimum absolute atomic E-state index is 0.182. The molecule has 0 aromatic heterocycles. The normalized spacial score (nSPS) is 26.4. The topological polar surface area (TPSA) is 76.2 Å². The largest absolute Gasteiger partial charge is 0.466 e. The fourth-order valence-corrected chi connectivity index (χ4v) is 4.04. The molecule has 0 radical (unpaired) electrons. The summed E-state index contributed by atoms with van der Waals surface area (Å²) in [5.41, 5.74) is 0. The lowest BCUT2D eigenvalue weighted by atomic mass is 10.0. The predicted octanol–water partition coefficient (Wildman–Crippen LogP) is 0.534. The van der Waals surface area contributed by atoms with E-state index in [4.69, 9.17) is 9.57 Å². The number of esters is 1. The molecule has 8 heteroatoms. The van der Waals surface area contributed by atoms with Crippen LogP contribution in [0.5, 0.6) is 0 Å². The standard InChI is InChI=1S/C12H22N2O5S/c1-2-18-12(15)11-6-5-7-13(10-11)20(16,17)14-8-3-4-9-19-14/h11H,2-10H2,1H3. The number of nitrogens with zero attached hydrogens (tertiary/aromatic N) is 2. The van der Waals surface area contributed by atoms with Crippen LogP contribution in [0.25, 0.3) is 0 Å². The molecule has 20 heavy (non-hydrogen) atoms. The molecule has 0 amide bonds. The molecule has 2 saturated heterocycles. The van der Waals surface area contributed by atoms with Gasteiger partial charge in [-0.2, -0.15) is 12.7 Å². The van der Waals surface area contributed by atoms with Crippen molar-refractivity contribution in [2.24, 2.45) is 5.92 Å². The maximum Gasteiger partial charge on any atom is 0.310 e. The van der Waals surface area contributed by atoms with Gasteiger partial charge in [-0.15, -0.1) is 0 Å². The van der Waals surface area contributed by atoms with E-state index in [2.05, 4.69) is 0 Å². The van der Waals surface area contributed by atoms with Gasteiger partial charge in [-0.1, -0.05) is 4.47 Å². The van der Waals surface area contributed by atoms with Crippen LogP contribution in [0.3, 0.4) is 0 Å². The molecule has 2 aliphatic rings. The Balaban J connectivity index is 2.01. The van der Waals surface area contributed by atoms with Gasteiger partial charge in [0, 0.05) is 19.6 Å². The zero-order valence-electron chi connectivity index (χ0n) is 11.8. The molecule has 0 spiro atoms. The number of ether oxygens (including phenoxy) is 1. The summed E-state index contributed by atoms with van der Waals surface area (Å²) >= 11 is 0. The second kappa shape index (κ2) is 6.84. The average Bonchev–Trinajstić information content (AvgIpc) is 2.48. The molecular formula is C12H22N2O5S. The first-order valence-corrected chi connectivity index (χ1v) is 8.52. The van der Waals surface area contributed by atoms with Crippen LogP contribution in [0.1, 0.15) is 32.6 Å². The Kier molecular flexibility index (Phi) is 5.36. The molecule has 2 fully saturated rings. The minimum atomic E-state index is -3.63. The van der Waals surface area contributed by atoms with Crippen molar-refractivity contribution in [3.8, 4) is 0 Å². The van der Waals surface area contributed by atoms with Crippen LogP contribution in [-0.2, 0) is 24.6 Å². The summed E-state index contributed by atoms with van der Waals surface area (Å²) in [6.45, 7) is 3.48. The van der Waals surface area contributed by atoms with Crippen LogP contribution < -0.4 is 0 Å². The Morgan fingerprint density at radius 2 is 2.10 bits per heavy atom. The van der Waals surface area contributed by atoms with E-state index in [1.54, 1.807) is 6.92 Å². The van der Waals surface area contributed by atoms with E-state index < -0.39 is 10.2 Å². The highest BCUT2D eigenvalue weighted by molar-refractivity contribution is 7.86. The van der Waals surface area contributed by atoms with Crippen LogP contribution in [-0.4, -0.2) is 56.0 Å². The van der Waals surface area contributed by atoms with Crippen LogP contribution in [0.4, 0.5) is 0 Å². The molecule has 2 rings (SSSR count). The molecular weight excluding hydrogens is 284 g/mol. The molecule has 0 bridgehead atoms. The number of carbonyl (C=O) groups excluding carboxylic acids is 1. The second-order valence-corrected chi connectivity index (χ2v) is 6.84. The van der Waals surface area contributed by atoms with E-state index in [-0.39, 0.29) is 18.4 Å². The van der Waals surface area contributed by atoms with Crippen molar-refractivity contribution >= 4 is 16.2 Å². The van der Waals surface area contributed by atoms with Crippen molar-refractivity contribution in [1.29, 1.82) is 0 Å². The van der Waals surface area contributed by atoms with Crippen molar-refractivity contribution in [3.63, 3.8) is 0 Å². The number of hydrogen-bond acceptors (Lipinski definition) is 5. The Morgan fingerprint density at radius 3 is 2.75 bits per heavy atom. The van der Waals surface area contributed by atoms with Crippen LogP contribution in [0, 0.1) is 5.92 Å². The fraction of sp³-hybridized carbons (Fsp3) is 0.917. The fourth-order valence-electron chi connectivity index (χ4n) is 2.49. The number of hydroxylamine groups is 1. The molecule has 1 unspecified atom stereocenters. The molecule has 1 atom stereocenters. The molecule has 116 valence electrons. The van der Waals surface area contributed by atoms with E-state index in [1.165, 1.54) is 4.31 Å². The molecule has 0 saturated carbocycles. The van der Waals surface area contributed by atoms with Gasteiger partial charge in [-0.3, -0.25) is 9.63 Å². The van der Waals surface area contributed by atoms with Crippen molar-refractivity contribution in [2.45, 2.75) is 32.6 Å². The Hall–Kier alpha value is -0.700. The Morgan fingerprint density at radius 1 is 1.30 bits per heavy atom. The van der Waals surface area contributed by atoms with Gasteiger partial charge in [0.2, 0.25) is 0 Å². The first kappa shape index (κ1) is 15.7. The number of hydrogen-bond donors (Lipinski definition) is 0. The minimum Gasteiger partial charge on any atom is -0.466 e. The quantitative estimate of drug-likeness (QED) is 0.708. The molecule has 2 aliphatic heterocycles. The summed E-state index contributed by atoms with van der Waals surface area (Å²) in [4.78, 5) is 17.0. The lowest BCUT2D eigenvalue weighted by Gasteiger charge is -2.35. The van der Waals surface area contributed by atoms with Crippen molar-refractivity contribution in [2.75, 3.05) is 32.8 Å². The highest BCUT2D eigenvalue weighted by Gasteiger charge is 2.37. The first-order valence-electron chi connectivity index (χ1n) is 7.13. The van der Waals surface area contributed by atoms with E-state index in [0.29, 0.717) is 39.1 Å². The van der Waals surface area contributed by atoms with Crippen molar-refractivity contribution < 1.29 is 22.8 Å². The van der Waals surface area contributed by atoms with E-state index in [0.717, 1.165) is 17.3 Å². The van der Waals surface area contributed by atoms with Crippen molar-refractivity contribution in [3.05, 3.63) is 0 Å². The lowest BCUT2D eigenvalue weighted by molar-refractivity contribution is -0.149. The van der Waals surface area contributed by atoms with Gasteiger partial charge in [0.25, 0.3) is 0 Å². The lowest BCUT2D eigenvalue weighted by Crippen LogP contribution is -2.50. The summed E-state index contributed by atoms with van der Waals surface area (Å²) < 4.78 is 32.3. The van der Waals surface area contributed by atoms with Gasteiger partial charge in [0.15, 0.2) is 0 Å². The summed E-state index contributed by atoms with van der Waals surface area (Å²) in [6.07, 6.45) is 3.01. The SMILES string of the molecule is CCOC(=O)C1CCCN(S(=O)(=O)N2CCCCO2)C1. The molecule has 0 N–H and O–H groups in total. The van der Waals surface area contributed by atoms with Crippen molar-refractivity contribution in [1.82, 2.24) is 8.77 Å². The van der Waals surface area contributed by atoms with Gasteiger partial charge < -0.3 is 4.74 Å².